The van der Waals surface area contributed by atoms with Crippen LogP contribution in [0.3, 0.4) is 0 Å². The maximum absolute atomic E-state index is 11.7. The second kappa shape index (κ2) is 7.22. The minimum absolute atomic E-state index is 0. The van der Waals surface area contributed by atoms with Crippen LogP contribution in [-0.4, -0.2) is 18.0 Å². The van der Waals surface area contributed by atoms with E-state index in [0.717, 1.165) is 25.7 Å². The minimum atomic E-state index is -0.320. The predicted molar refractivity (Wildman–Crippen MR) is 74.3 cm³/mol. The molecule has 0 aliphatic heterocycles. The molecule has 0 aromatic carbocycles. The third-order valence-electron chi connectivity index (χ3n) is 3.62. The summed E-state index contributed by atoms with van der Waals surface area (Å²) in [4.78, 5) is 11.7. The third kappa shape index (κ3) is 5.73. The number of carbonyl (C=O) groups is 1. The molecule has 0 heterocycles. The van der Waals surface area contributed by atoms with Crippen molar-refractivity contribution in [1.82, 2.24) is 5.32 Å². The quantitative estimate of drug-likeness (QED) is 0.818. The Balaban J connectivity index is 0.00000256. The lowest BCUT2D eigenvalue weighted by Gasteiger charge is -2.35. The molecule has 0 spiro atoms. The van der Waals surface area contributed by atoms with Crippen molar-refractivity contribution in [3.05, 3.63) is 0 Å². The third-order valence-corrected chi connectivity index (χ3v) is 3.62. The number of hydrogen-bond acceptors (Lipinski definition) is 2. The summed E-state index contributed by atoms with van der Waals surface area (Å²) in [6.45, 7) is 6.65. The smallest absolute Gasteiger partial charge is 0.237 e. The summed E-state index contributed by atoms with van der Waals surface area (Å²) in [6, 6.07) is 0.0309. The average molecular weight is 263 g/mol. The summed E-state index contributed by atoms with van der Waals surface area (Å²) in [5, 5.41) is 3.08. The number of nitrogens with one attached hydrogen (secondary N) is 1. The van der Waals surface area contributed by atoms with Gasteiger partial charge < -0.3 is 11.1 Å². The van der Waals surface area contributed by atoms with E-state index >= 15 is 0 Å². The summed E-state index contributed by atoms with van der Waals surface area (Å²) in [6.07, 6.45) is 6.33. The Morgan fingerprint density at radius 3 is 2.41 bits per heavy atom. The van der Waals surface area contributed by atoms with E-state index in [9.17, 15) is 4.79 Å². The lowest BCUT2D eigenvalue weighted by Crippen LogP contribution is -2.47. The summed E-state index contributed by atoms with van der Waals surface area (Å²) >= 11 is 0. The molecule has 3 N–H and O–H groups in total. The topological polar surface area (TPSA) is 55.1 Å². The van der Waals surface area contributed by atoms with Gasteiger partial charge in [-0.1, -0.05) is 27.2 Å². The highest BCUT2D eigenvalue weighted by atomic mass is 35.5. The first kappa shape index (κ1) is 16.7. The maximum Gasteiger partial charge on any atom is 0.237 e. The van der Waals surface area contributed by atoms with Gasteiger partial charge in [0, 0.05) is 6.04 Å². The zero-order valence-corrected chi connectivity index (χ0v) is 12.1. The van der Waals surface area contributed by atoms with Crippen LogP contribution in [-0.2, 0) is 4.79 Å². The van der Waals surface area contributed by atoms with Crippen LogP contribution in [0.25, 0.3) is 0 Å². The molecule has 17 heavy (non-hydrogen) atoms. The van der Waals surface area contributed by atoms with Crippen LogP contribution < -0.4 is 11.1 Å². The molecule has 0 bridgehead atoms. The van der Waals surface area contributed by atoms with Crippen LogP contribution in [0.4, 0.5) is 0 Å². The van der Waals surface area contributed by atoms with E-state index < -0.39 is 0 Å². The molecule has 1 aliphatic carbocycles. The molecule has 1 saturated carbocycles. The van der Waals surface area contributed by atoms with Gasteiger partial charge in [-0.2, -0.15) is 0 Å². The first-order chi connectivity index (χ1) is 7.44. The van der Waals surface area contributed by atoms with Crippen molar-refractivity contribution < 1.29 is 4.79 Å². The van der Waals surface area contributed by atoms with Gasteiger partial charge in [-0.15, -0.1) is 12.4 Å². The second-order valence-electron chi connectivity index (χ2n) is 5.84. The number of amides is 1. The molecule has 1 fully saturated rings. The molecule has 1 unspecified atom stereocenters. The fraction of sp³-hybridized carbons (Fsp3) is 0.923. The SMILES string of the molecule is CCCC(N)C(=O)NC1CCC(C)(C)CC1.Cl. The number of hydrogen-bond donors (Lipinski definition) is 2. The Bertz CT molecular complexity index is 234. The minimum Gasteiger partial charge on any atom is -0.352 e. The first-order valence-corrected chi connectivity index (χ1v) is 6.50. The largest absolute Gasteiger partial charge is 0.352 e. The normalized spacial score (nSPS) is 21.4. The zero-order valence-electron chi connectivity index (χ0n) is 11.3. The van der Waals surface area contributed by atoms with Crippen molar-refractivity contribution in [3.63, 3.8) is 0 Å². The van der Waals surface area contributed by atoms with Gasteiger partial charge in [0.15, 0.2) is 0 Å². The van der Waals surface area contributed by atoms with E-state index in [-0.39, 0.29) is 24.4 Å². The van der Waals surface area contributed by atoms with Crippen LogP contribution in [0.2, 0.25) is 0 Å². The molecular formula is C13H27ClN2O. The number of rotatable bonds is 4. The van der Waals surface area contributed by atoms with Crippen LogP contribution >= 0.6 is 12.4 Å². The van der Waals surface area contributed by atoms with Gasteiger partial charge in [0.25, 0.3) is 0 Å². The standard InChI is InChI=1S/C13H26N2O.ClH/c1-4-5-11(14)12(16)15-10-6-8-13(2,3)9-7-10;/h10-11H,4-9,14H2,1-3H3,(H,15,16);1H. The highest BCUT2D eigenvalue weighted by molar-refractivity contribution is 5.85. The molecule has 0 radical (unpaired) electrons. The Morgan fingerprint density at radius 2 is 1.94 bits per heavy atom. The molecule has 1 rings (SSSR count). The van der Waals surface area contributed by atoms with Gasteiger partial charge in [0.2, 0.25) is 5.91 Å². The number of nitrogens with two attached hydrogens (primary N) is 1. The van der Waals surface area contributed by atoms with Gasteiger partial charge in [0.05, 0.1) is 6.04 Å². The second-order valence-corrected chi connectivity index (χ2v) is 5.84. The lowest BCUT2D eigenvalue weighted by molar-refractivity contribution is -0.123. The summed E-state index contributed by atoms with van der Waals surface area (Å²) in [5.74, 6) is 0.0338. The van der Waals surface area contributed by atoms with E-state index in [1.807, 2.05) is 0 Å². The Labute approximate surface area is 111 Å². The molecule has 102 valence electrons. The Hall–Kier alpha value is -0.280. The van der Waals surface area contributed by atoms with Crippen LogP contribution in [0.1, 0.15) is 59.3 Å². The monoisotopic (exact) mass is 262 g/mol. The molecule has 0 aromatic heterocycles. The van der Waals surface area contributed by atoms with E-state index in [2.05, 4.69) is 26.1 Å². The fourth-order valence-electron chi connectivity index (χ4n) is 2.29. The van der Waals surface area contributed by atoms with Crippen molar-refractivity contribution in [3.8, 4) is 0 Å². The highest BCUT2D eigenvalue weighted by Crippen LogP contribution is 2.34. The van der Waals surface area contributed by atoms with E-state index in [4.69, 9.17) is 5.73 Å². The molecule has 4 heteroatoms. The van der Waals surface area contributed by atoms with Crippen molar-refractivity contribution in [2.24, 2.45) is 11.1 Å². The lowest BCUT2D eigenvalue weighted by atomic mass is 9.75. The molecule has 0 saturated heterocycles. The zero-order chi connectivity index (χ0) is 12.2. The summed E-state index contributed by atoms with van der Waals surface area (Å²) < 4.78 is 0. The van der Waals surface area contributed by atoms with Crippen molar-refractivity contribution >= 4 is 18.3 Å². The molecule has 1 aliphatic rings. The fourth-order valence-corrected chi connectivity index (χ4v) is 2.29. The first-order valence-electron chi connectivity index (χ1n) is 6.50. The van der Waals surface area contributed by atoms with Crippen molar-refractivity contribution in [1.29, 1.82) is 0 Å². The molecule has 3 nitrogen and oxygen atoms in total. The number of carbonyl (C=O) groups excluding carboxylic acids is 1. The number of halogens is 1. The van der Waals surface area contributed by atoms with Gasteiger partial charge in [0.1, 0.15) is 0 Å². The predicted octanol–water partition coefficient (Wildman–Crippen LogP) is 2.62. The van der Waals surface area contributed by atoms with Crippen LogP contribution in [0.15, 0.2) is 0 Å². The van der Waals surface area contributed by atoms with Crippen molar-refractivity contribution in [2.45, 2.75) is 71.4 Å². The van der Waals surface area contributed by atoms with Crippen LogP contribution in [0.5, 0.6) is 0 Å². The molecule has 1 atom stereocenters. The Morgan fingerprint density at radius 1 is 1.41 bits per heavy atom. The van der Waals surface area contributed by atoms with E-state index in [1.54, 1.807) is 0 Å². The van der Waals surface area contributed by atoms with E-state index in [0.29, 0.717) is 11.5 Å². The average Bonchev–Trinajstić information content (AvgIpc) is 2.21. The summed E-state index contributed by atoms with van der Waals surface area (Å²) in [5.41, 5.74) is 6.24. The van der Waals surface area contributed by atoms with E-state index in [1.165, 1.54) is 12.8 Å². The molecule has 0 aromatic rings. The maximum atomic E-state index is 11.7. The van der Waals surface area contributed by atoms with Gasteiger partial charge in [-0.3, -0.25) is 4.79 Å². The molecular weight excluding hydrogens is 236 g/mol. The van der Waals surface area contributed by atoms with Gasteiger partial charge in [-0.05, 0) is 37.5 Å². The summed E-state index contributed by atoms with van der Waals surface area (Å²) in [7, 11) is 0. The molecule has 1 amide bonds. The van der Waals surface area contributed by atoms with Crippen LogP contribution in [0, 0.1) is 5.41 Å². The van der Waals surface area contributed by atoms with Crippen molar-refractivity contribution in [2.75, 3.05) is 0 Å². The van der Waals surface area contributed by atoms with Gasteiger partial charge >= 0.3 is 0 Å². The highest BCUT2D eigenvalue weighted by Gasteiger charge is 2.28. The van der Waals surface area contributed by atoms with Gasteiger partial charge in [-0.25, -0.2) is 0 Å². The Kier molecular flexibility index (Phi) is 7.10.